The molecular formula is C15H13ClN4O. The summed E-state index contributed by atoms with van der Waals surface area (Å²) >= 11 is 5.96. The van der Waals surface area contributed by atoms with Crippen molar-refractivity contribution in [3.63, 3.8) is 0 Å². The molecule has 0 bridgehead atoms. The minimum absolute atomic E-state index is 0.289. The maximum absolute atomic E-state index is 5.96. The zero-order valence-electron chi connectivity index (χ0n) is 11.1. The number of hydrogen-bond donors (Lipinski definition) is 2. The average molecular weight is 301 g/mol. The van der Waals surface area contributed by atoms with E-state index in [1.54, 1.807) is 12.1 Å². The van der Waals surface area contributed by atoms with Crippen LogP contribution in [0.1, 0.15) is 5.82 Å². The Hall–Kier alpha value is -2.53. The van der Waals surface area contributed by atoms with Crippen LogP contribution in [0.3, 0.4) is 0 Å². The lowest BCUT2D eigenvalue weighted by Crippen LogP contribution is -1.98. The fraction of sp³-hybridized carbons (Fsp3) is 0.0667. The molecule has 2 aromatic carbocycles. The maximum atomic E-state index is 5.96. The Bertz CT molecular complexity index is 757. The van der Waals surface area contributed by atoms with E-state index < -0.39 is 0 Å². The Morgan fingerprint density at radius 3 is 2.81 bits per heavy atom. The molecule has 0 saturated carbocycles. The summed E-state index contributed by atoms with van der Waals surface area (Å²) in [6, 6.07) is 14.6. The number of H-pyrrole nitrogens is 1. The Kier molecular flexibility index (Phi) is 3.75. The molecule has 0 aliphatic carbocycles. The van der Waals surface area contributed by atoms with Crippen molar-refractivity contribution in [3.05, 3.63) is 59.4 Å². The van der Waals surface area contributed by atoms with Crippen LogP contribution in [-0.2, 0) is 6.61 Å². The first kappa shape index (κ1) is 13.5. The van der Waals surface area contributed by atoms with E-state index >= 15 is 0 Å². The van der Waals surface area contributed by atoms with E-state index in [1.807, 2.05) is 36.4 Å². The van der Waals surface area contributed by atoms with Crippen molar-refractivity contribution in [1.29, 1.82) is 0 Å². The van der Waals surface area contributed by atoms with E-state index in [1.165, 1.54) is 0 Å². The number of nitrogens with one attached hydrogen (secondary N) is 1. The first-order valence-corrected chi connectivity index (χ1v) is 6.74. The number of rotatable bonds is 4. The minimum Gasteiger partial charge on any atom is -0.486 e. The molecule has 6 heteroatoms. The van der Waals surface area contributed by atoms with Crippen LogP contribution in [0.2, 0.25) is 5.02 Å². The Labute approximate surface area is 126 Å². The van der Waals surface area contributed by atoms with Crippen molar-refractivity contribution in [2.75, 3.05) is 5.73 Å². The summed E-state index contributed by atoms with van der Waals surface area (Å²) in [5, 5.41) is 7.65. The fourth-order valence-electron chi connectivity index (χ4n) is 1.87. The molecule has 1 heterocycles. The van der Waals surface area contributed by atoms with Crippen LogP contribution in [0.15, 0.2) is 48.5 Å². The summed E-state index contributed by atoms with van der Waals surface area (Å²) < 4.78 is 5.61. The second kappa shape index (κ2) is 5.85. The normalized spacial score (nSPS) is 10.5. The number of nitrogens with zero attached hydrogens (tertiary/aromatic N) is 2. The van der Waals surface area contributed by atoms with Crippen LogP contribution < -0.4 is 10.5 Å². The van der Waals surface area contributed by atoms with Gasteiger partial charge in [-0.05, 0) is 24.3 Å². The highest BCUT2D eigenvalue weighted by molar-refractivity contribution is 6.30. The zero-order chi connectivity index (χ0) is 14.7. The van der Waals surface area contributed by atoms with E-state index in [9.17, 15) is 0 Å². The van der Waals surface area contributed by atoms with Crippen LogP contribution in [0.5, 0.6) is 5.75 Å². The Balaban J connectivity index is 1.71. The highest BCUT2D eigenvalue weighted by Crippen LogP contribution is 2.20. The van der Waals surface area contributed by atoms with Crippen molar-refractivity contribution in [2.24, 2.45) is 0 Å². The number of nitrogen functional groups attached to an aromatic ring is 1. The standard InChI is InChI=1S/C15H13ClN4O/c16-11-4-1-3-10(7-11)15-18-14(19-20-15)9-21-13-6-2-5-12(17)8-13/h1-8H,9,17H2,(H,18,19,20). The monoisotopic (exact) mass is 300 g/mol. The van der Waals surface area contributed by atoms with Gasteiger partial charge in [0.25, 0.3) is 0 Å². The Morgan fingerprint density at radius 2 is 2.00 bits per heavy atom. The maximum Gasteiger partial charge on any atom is 0.181 e. The molecule has 106 valence electrons. The summed E-state index contributed by atoms with van der Waals surface area (Å²) in [4.78, 5) is 4.38. The number of halogens is 1. The number of hydrogen-bond acceptors (Lipinski definition) is 4. The molecule has 0 saturated heterocycles. The molecule has 0 amide bonds. The van der Waals surface area contributed by atoms with Gasteiger partial charge in [-0.15, -0.1) is 0 Å². The van der Waals surface area contributed by atoms with Gasteiger partial charge >= 0.3 is 0 Å². The Morgan fingerprint density at radius 1 is 1.14 bits per heavy atom. The van der Waals surface area contributed by atoms with E-state index in [-0.39, 0.29) is 6.61 Å². The van der Waals surface area contributed by atoms with Gasteiger partial charge in [0.2, 0.25) is 0 Å². The SMILES string of the molecule is Nc1cccc(OCc2nc(-c3cccc(Cl)c3)n[nH]2)c1. The van der Waals surface area contributed by atoms with Crippen molar-refractivity contribution >= 4 is 17.3 Å². The predicted octanol–water partition coefficient (Wildman–Crippen LogP) is 3.29. The lowest BCUT2D eigenvalue weighted by atomic mass is 10.2. The van der Waals surface area contributed by atoms with Crippen LogP contribution >= 0.6 is 11.6 Å². The van der Waals surface area contributed by atoms with Crippen LogP contribution in [0, 0.1) is 0 Å². The largest absolute Gasteiger partial charge is 0.486 e. The first-order chi connectivity index (χ1) is 10.2. The molecule has 21 heavy (non-hydrogen) atoms. The predicted molar refractivity (Wildman–Crippen MR) is 82.0 cm³/mol. The quantitative estimate of drug-likeness (QED) is 0.725. The van der Waals surface area contributed by atoms with Gasteiger partial charge in [-0.25, -0.2) is 4.98 Å². The first-order valence-electron chi connectivity index (χ1n) is 6.36. The zero-order valence-corrected chi connectivity index (χ0v) is 11.8. The number of ether oxygens (including phenoxy) is 1. The minimum atomic E-state index is 0.289. The molecule has 0 aliphatic heterocycles. The smallest absolute Gasteiger partial charge is 0.181 e. The topological polar surface area (TPSA) is 76.8 Å². The third-order valence-corrected chi connectivity index (χ3v) is 3.08. The van der Waals surface area contributed by atoms with Crippen molar-refractivity contribution in [3.8, 4) is 17.1 Å². The highest BCUT2D eigenvalue weighted by atomic mass is 35.5. The van der Waals surface area contributed by atoms with Crippen molar-refractivity contribution in [2.45, 2.75) is 6.61 Å². The molecule has 0 fully saturated rings. The third-order valence-electron chi connectivity index (χ3n) is 2.85. The second-order valence-electron chi connectivity index (χ2n) is 4.48. The fourth-order valence-corrected chi connectivity index (χ4v) is 2.06. The number of aromatic nitrogens is 3. The molecule has 3 N–H and O–H groups in total. The van der Waals surface area contributed by atoms with Gasteiger partial charge in [0.15, 0.2) is 11.6 Å². The average Bonchev–Trinajstić information content (AvgIpc) is 2.94. The van der Waals surface area contributed by atoms with E-state index in [2.05, 4.69) is 15.2 Å². The molecule has 3 aromatic rings. The van der Waals surface area contributed by atoms with Gasteiger partial charge in [-0.3, -0.25) is 5.10 Å². The van der Waals surface area contributed by atoms with Crippen LogP contribution in [0.25, 0.3) is 11.4 Å². The van der Waals surface area contributed by atoms with Gasteiger partial charge in [0.05, 0.1) is 0 Å². The molecule has 1 aromatic heterocycles. The highest BCUT2D eigenvalue weighted by Gasteiger charge is 2.07. The van der Waals surface area contributed by atoms with Gasteiger partial charge in [-0.1, -0.05) is 29.8 Å². The summed E-state index contributed by atoms with van der Waals surface area (Å²) in [6.07, 6.45) is 0. The molecular weight excluding hydrogens is 288 g/mol. The number of anilines is 1. The number of benzene rings is 2. The molecule has 0 aliphatic rings. The van der Waals surface area contributed by atoms with Crippen LogP contribution in [0.4, 0.5) is 5.69 Å². The second-order valence-corrected chi connectivity index (χ2v) is 4.91. The molecule has 3 rings (SSSR count). The molecule has 0 spiro atoms. The number of aromatic amines is 1. The lowest BCUT2D eigenvalue weighted by Gasteiger charge is -2.03. The summed E-state index contributed by atoms with van der Waals surface area (Å²) in [7, 11) is 0. The molecule has 0 radical (unpaired) electrons. The van der Waals surface area contributed by atoms with Gasteiger partial charge < -0.3 is 10.5 Å². The van der Waals surface area contributed by atoms with E-state index in [4.69, 9.17) is 22.1 Å². The van der Waals surface area contributed by atoms with Gasteiger partial charge in [-0.2, -0.15) is 5.10 Å². The molecule has 0 atom stereocenters. The molecule has 0 unspecified atom stereocenters. The summed E-state index contributed by atoms with van der Waals surface area (Å²) in [5.74, 6) is 1.91. The van der Waals surface area contributed by atoms with Crippen molar-refractivity contribution < 1.29 is 4.74 Å². The summed E-state index contributed by atoms with van der Waals surface area (Å²) in [6.45, 7) is 0.289. The van der Waals surface area contributed by atoms with E-state index in [0.29, 0.717) is 28.1 Å². The summed E-state index contributed by atoms with van der Waals surface area (Å²) in [5.41, 5.74) is 7.21. The lowest BCUT2D eigenvalue weighted by molar-refractivity contribution is 0.296. The van der Waals surface area contributed by atoms with Crippen molar-refractivity contribution in [1.82, 2.24) is 15.2 Å². The van der Waals surface area contributed by atoms with E-state index in [0.717, 1.165) is 5.56 Å². The number of nitrogens with two attached hydrogens (primary N) is 1. The van der Waals surface area contributed by atoms with Gasteiger partial charge in [0, 0.05) is 22.3 Å². The van der Waals surface area contributed by atoms with Gasteiger partial charge in [0.1, 0.15) is 12.4 Å². The third kappa shape index (κ3) is 3.32. The van der Waals surface area contributed by atoms with Crippen LogP contribution in [-0.4, -0.2) is 15.2 Å². The molecule has 5 nitrogen and oxygen atoms in total.